The van der Waals surface area contributed by atoms with Crippen molar-refractivity contribution in [1.82, 2.24) is 19.4 Å². The second-order valence-electron chi connectivity index (χ2n) is 5.81. The van der Waals surface area contributed by atoms with Gasteiger partial charge in [-0.2, -0.15) is 0 Å². The minimum Gasteiger partial charge on any atom is -0.334 e. The van der Waals surface area contributed by atoms with E-state index >= 15 is 0 Å². The highest BCUT2D eigenvalue weighted by atomic mass is 19.1. The summed E-state index contributed by atoms with van der Waals surface area (Å²) in [6, 6.07) is 6.83. The van der Waals surface area contributed by atoms with Gasteiger partial charge in [-0.3, -0.25) is 9.80 Å². The number of benzene rings is 1. The first-order valence-corrected chi connectivity index (χ1v) is 7.94. The summed E-state index contributed by atoms with van der Waals surface area (Å²) in [5.74, 6) is 0.981. The molecule has 1 aromatic carbocycles. The largest absolute Gasteiger partial charge is 0.334 e. The summed E-state index contributed by atoms with van der Waals surface area (Å²) in [5.41, 5.74) is 1.18. The molecule has 1 saturated heterocycles. The van der Waals surface area contributed by atoms with Crippen LogP contribution in [0.15, 0.2) is 36.7 Å². The number of halogens is 1. The van der Waals surface area contributed by atoms with Crippen LogP contribution in [0.3, 0.4) is 0 Å². The molecule has 2 heterocycles. The molecule has 0 saturated carbocycles. The molecule has 0 unspecified atom stereocenters. The van der Waals surface area contributed by atoms with Crippen molar-refractivity contribution in [2.75, 3.05) is 26.2 Å². The van der Waals surface area contributed by atoms with Gasteiger partial charge in [-0.25, -0.2) is 9.37 Å². The summed E-state index contributed by atoms with van der Waals surface area (Å²) in [7, 11) is 0. The van der Waals surface area contributed by atoms with Gasteiger partial charge in [0, 0.05) is 51.7 Å². The third kappa shape index (κ3) is 3.72. The molecular formula is C17H23FN4. The Balaban J connectivity index is 1.49. The molecule has 1 aliphatic rings. The number of hydrogen-bond donors (Lipinski definition) is 0. The molecule has 22 heavy (non-hydrogen) atoms. The molecule has 3 rings (SSSR count). The maximum absolute atomic E-state index is 12.9. The van der Waals surface area contributed by atoms with Crippen LogP contribution in [-0.4, -0.2) is 45.5 Å². The monoisotopic (exact) mass is 302 g/mol. The Morgan fingerprint density at radius 2 is 1.64 bits per heavy atom. The lowest BCUT2D eigenvalue weighted by Gasteiger charge is -2.34. The Morgan fingerprint density at radius 3 is 2.27 bits per heavy atom. The number of aromatic nitrogens is 2. The predicted molar refractivity (Wildman–Crippen MR) is 84.9 cm³/mol. The molecule has 0 spiro atoms. The van der Waals surface area contributed by atoms with Gasteiger partial charge in [0.15, 0.2) is 0 Å². The van der Waals surface area contributed by atoms with Gasteiger partial charge in [0.1, 0.15) is 11.6 Å². The van der Waals surface area contributed by atoms with E-state index < -0.39 is 0 Å². The SMILES string of the molecule is CCn1ccnc1CN1CCN(Cc2ccc(F)cc2)CC1. The third-order valence-corrected chi connectivity index (χ3v) is 4.29. The second-order valence-corrected chi connectivity index (χ2v) is 5.81. The van der Waals surface area contributed by atoms with Gasteiger partial charge in [-0.05, 0) is 24.6 Å². The minimum absolute atomic E-state index is 0.167. The van der Waals surface area contributed by atoms with Crippen LogP contribution < -0.4 is 0 Å². The van der Waals surface area contributed by atoms with E-state index in [1.165, 1.54) is 17.7 Å². The smallest absolute Gasteiger partial charge is 0.123 e. The van der Waals surface area contributed by atoms with Crippen molar-refractivity contribution in [3.63, 3.8) is 0 Å². The van der Waals surface area contributed by atoms with E-state index in [0.717, 1.165) is 51.6 Å². The van der Waals surface area contributed by atoms with Crippen LogP contribution in [0.2, 0.25) is 0 Å². The molecule has 1 aromatic heterocycles. The number of rotatable bonds is 5. The molecule has 0 radical (unpaired) electrons. The zero-order valence-corrected chi connectivity index (χ0v) is 13.1. The van der Waals surface area contributed by atoms with E-state index in [0.29, 0.717) is 0 Å². The van der Waals surface area contributed by atoms with Crippen LogP contribution in [0.4, 0.5) is 4.39 Å². The van der Waals surface area contributed by atoms with Crippen LogP contribution in [0.5, 0.6) is 0 Å². The Kier molecular flexibility index (Phi) is 4.85. The number of piperazine rings is 1. The first-order chi connectivity index (χ1) is 10.7. The van der Waals surface area contributed by atoms with Gasteiger partial charge < -0.3 is 4.57 Å². The van der Waals surface area contributed by atoms with Crippen LogP contribution in [-0.2, 0) is 19.6 Å². The van der Waals surface area contributed by atoms with E-state index in [-0.39, 0.29) is 5.82 Å². The highest BCUT2D eigenvalue weighted by Gasteiger charge is 2.18. The summed E-state index contributed by atoms with van der Waals surface area (Å²) in [6.07, 6.45) is 3.92. The van der Waals surface area contributed by atoms with Crippen LogP contribution in [0.1, 0.15) is 18.3 Å². The fourth-order valence-corrected chi connectivity index (χ4v) is 2.93. The summed E-state index contributed by atoms with van der Waals surface area (Å²) >= 11 is 0. The fraction of sp³-hybridized carbons (Fsp3) is 0.471. The van der Waals surface area contributed by atoms with E-state index in [1.54, 1.807) is 0 Å². The maximum atomic E-state index is 12.9. The van der Waals surface area contributed by atoms with Crippen LogP contribution >= 0.6 is 0 Å². The molecule has 4 nitrogen and oxygen atoms in total. The van der Waals surface area contributed by atoms with Crippen LogP contribution in [0.25, 0.3) is 0 Å². The van der Waals surface area contributed by atoms with Gasteiger partial charge in [-0.1, -0.05) is 12.1 Å². The average Bonchev–Trinajstić information content (AvgIpc) is 2.99. The Bertz CT molecular complexity index is 585. The number of hydrogen-bond acceptors (Lipinski definition) is 3. The first-order valence-electron chi connectivity index (χ1n) is 7.94. The summed E-state index contributed by atoms with van der Waals surface area (Å²) in [5, 5.41) is 0. The van der Waals surface area contributed by atoms with Crippen LogP contribution in [0, 0.1) is 5.82 Å². The molecule has 0 amide bonds. The van der Waals surface area contributed by atoms with Crippen molar-refractivity contribution < 1.29 is 4.39 Å². The summed E-state index contributed by atoms with van der Waals surface area (Å²) < 4.78 is 15.1. The number of imidazole rings is 1. The quantitative estimate of drug-likeness (QED) is 0.847. The lowest BCUT2D eigenvalue weighted by atomic mass is 10.2. The highest BCUT2D eigenvalue weighted by Crippen LogP contribution is 2.11. The summed E-state index contributed by atoms with van der Waals surface area (Å²) in [4.78, 5) is 9.33. The van der Waals surface area contributed by atoms with E-state index in [1.807, 2.05) is 24.5 Å². The Labute approximate surface area is 131 Å². The fourth-order valence-electron chi connectivity index (χ4n) is 2.93. The molecule has 1 aliphatic heterocycles. The number of aryl methyl sites for hydroxylation is 1. The molecule has 5 heteroatoms. The first kappa shape index (κ1) is 15.2. The molecule has 0 atom stereocenters. The maximum Gasteiger partial charge on any atom is 0.123 e. The van der Waals surface area contributed by atoms with E-state index in [4.69, 9.17) is 0 Å². The van der Waals surface area contributed by atoms with E-state index in [9.17, 15) is 4.39 Å². The van der Waals surface area contributed by atoms with Gasteiger partial charge in [0.25, 0.3) is 0 Å². The van der Waals surface area contributed by atoms with Crippen molar-refractivity contribution >= 4 is 0 Å². The van der Waals surface area contributed by atoms with Crippen molar-refractivity contribution in [2.45, 2.75) is 26.6 Å². The van der Waals surface area contributed by atoms with E-state index in [2.05, 4.69) is 26.3 Å². The standard InChI is InChI=1S/C17H23FN4/c1-2-22-8-7-19-17(22)14-21-11-9-20(10-12-21)13-15-3-5-16(18)6-4-15/h3-8H,2,9-14H2,1H3. The molecule has 118 valence electrons. The molecular weight excluding hydrogens is 279 g/mol. The van der Waals surface area contributed by atoms with Gasteiger partial charge >= 0.3 is 0 Å². The summed E-state index contributed by atoms with van der Waals surface area (Å²) in [6.45, 7) is 9.14. The predicted octanol–water partition coefficient (Wildman–Crippen LogP) is 2.36. The molecule has 0 aliphatic carbocycles. The zero-order chi connectivity index (χ0) is 15.4. The molecule has 0 bridgehead atoms. The molecule has 1 fully saturated rings. The minimum atomic E-state index is -0.167. The number of nitrogens with zero attached hydrogens (tertiary/aromatic N) is 4. The lowest BCUT2D eigenvalue weighted by Crippen LogP contribution is -2.45. The highest BCUT2D eigenvalue weighted by molar-refractivity contribution is 5.16. The lowest BCUT2D eigenvalue weighted by molar-refractivity contribution is 0.119. The average molecular weight is 302 g/mol. The van der Waals surface area contributed by atoms with Gasteiger partial charge in [-0.15, -0.1) is 0 Å². The molecule has 0 N–H and O–H groups in total. The van der Waals surface area contributed by atoms with Crippen molar-refractivity contribution in [2.24, 2.45) is 0 Å². The Morgan fingerprint density at radius 1 is 1.00 bits per heavy atom. The topological polar surface area (TPSA) is 24.3 Å². The second kappa shape index (κ2) is 7.03. The normalized spacial score (nSPS) is 17.0. The van der Waals surface area contributed by atoms with Crippen molar-refractivity contribution in [3.8, 4) is 0 Å². The van der Waals surface area contributed by atoms with Gasteiger partial charge in [0.2, 0.25) is 0 Å². The molecule has 2 aromatic rings. The third-order valence-electron chi connectivity index (χ3n) is 4.29. The van der Waals surface area contributed by atoms with Crippen molar-refractivity contribution in [1.29, 1.82) is 0 Å². The van der Waals surface area contributed by atoms with Gasteiger partial charge in [0.05, 0.1) is 6.54 Å². The zero-order valence-electron chi connectivity index (χ0n) is 13.1. The Hall–Kier alpha value is -1.72. The van der Waals surface area contributed by atoms with Crippen molar-refractivity contribution in [3.05, 3.63) is 53.9 Å².